The van der Waals surface area contributed by atoms with Gasteiger partial charge in [0, 0.05) is 12.2 Å². The fraction of sp³-hybridized carbons (Fsp3) is 0.300. The molecule has 0 saturated carbocycles. The quantitative estimate of drug-likeness (QED) is 0.773. The van der Waals surface area contributed by atoms with Crippen LogP contribution in [0.3, 0.4) is 0 Å². The number of benzene rings is 2. The maximum absolute atomic E-state index is 13.3. The van der Waals surface area contributed by atoms with Crippen molar-refractivity contribution >= 4 is 17.6 Å². The van der Waals surface area contributed by atoms with Gasteiger partial charge < -0.3 is 0 Å². The van der Waals surface area contributed by atoms with Gasteiger partial charge in [0.1, 0.15) is 11.9 Å². The number of hydrogen-bond acceptors (Lipinski definition) is 3. The summed E-state index contributed by atoms with van der Waals surface area (Å²) in [6.07, 6.45) is 0. The zero-order valence-corrected chi connectivity index (χ0v) is 15.1. The van der Waals surface area contributed by atoms with Crippen LogP contribution in [0, 0.1) is 12.7 Å². The van der Waals surface area contributed by atoms with E-state index in [0.717, 1.165) is 11.1 Å². The van der Waals surface area contributed by atoms with Crippen LogP contribution in [0.25, 0.3) is 0 Å². The van der Waals surface area contributed by atoms with Gasteiger partial charge in [0.25, 0.3) is 5.91 Å². The van der Waals surface area contributed by atoms with Crippen LogP contribution in [0.1, 0.15) is 18.1 Å². The first kappa shape index (κ1) is 18.1. The summed E-state index contributed by atoms with van der Waals surface area (Å²) in [5, 5.41) is 0. The first-order chi connectivity index (χ1) is 12.4. The summed E-state index contributed by atoms with van der Waals surface area (Å²) in [5.41, 5.74) is 2.58. The standard InChI is InChI=1S/C20H22FN3O2/c1-14-7-9-18(10-8-14)24-15(2)19(25)23(20(24)26)13-22(3)12-16-5-4-6-17(21)11-16/h4-11,15H,12-13H2,1-3H3/t15-/m0/s1. The van der Waals surface area contributed by atoms with Gasteiger partial charge in [-0.2, -0.15) is 0 Å². The van der Waals surface area contributed by atoms with Crippen LogP contribution in [0.2, 0.25) is 0 Å². The molecule has 1 heterocycles. The second-order valence-electron chi connectivity index (χ2n) is 6.72. The van der Waals surface area contributed by atoms with E-state index >= 15 is 0 Å². The highest BCUT2D eigenvalue weighted by atomic mass is 19.1. The topological polar surface area (TPSA) is 43.9 Å². The lowest BCUT2D eigenvalue weighted by Crippen LogP contribution is -2.40. The number of amides is 3. The highest BCUT2D eigenvalue weighted by Gasteiger charge is 2.43. The predicted octanol–water partition coefficient (Wildman–Crippen LogP) is 3.38. The Balaban J connectivity index is 1.72. The molecule has 3 rings (SSSR count). The van der Waals surface area contributed by atoms with Crippen molar-refractivity contribution in [1.82, 2.24) is 9.80 Å². The summed E-state index contributed by atoms with van der Waals surface area (Å²) < 4.78 is 13.3. The fourth-order valence-electron chi connectivity index (χ4n) is 3.13. The molecule has 1 fully saturated rings. The molecular formula is C20H22FN3O2. The lowest BCUT2D eigenvalue weighted by atomic mass is 10.2. The van der Waals surface area contributed by atoms with Crippen LogP contribution in [-0.2, 0) is 11.3 Å². The summed E-state index contributed by atoms with van der Waals surface area (Å²) in [6, 6.07) is 12.9. The average molecular weight is 355 g/mol. The molecule has 0 unspecified atom stereocenters. The van der Waals surface area contributed by atoms with Crippen molar-refractivity contribution in [2.45, 2.75) is 26.4 Å². The Kier molecular flexibility index (Phi) is 5.04. The number of aryl methyl sites for hydroxylation is 1. The van der Waals surface area contributed by atoms with Gasteiger partial charge in [-0.15, -0.1) is 0 Å². The van der Waals surface area contributed by atoms with E-state index in [4.69, 9.17) is 0 Å². The zero-order chi connectivity index (χ0) is 18.8. The van der Waals surface area contributed by atoms with E-state index < -0.39 is 6.04 Å². The molecule has 3 amide bonds. The molecule has 0 N–H and O–H groups in total. The monoisotopic (exact) mass is 355 g/mol. The minimum Gasteiger partial charge on any atom is -0.284 e. The summed E-state index contributed by atoms with van der Waals surface area (Å²) in [6.45, 7) is 4.29. The molecule has 0 radical (unpaired) electrons. The first-order valence-electron chi connectivity index (χ1n) is 8.51. The van der Waals surface area contributed by atoms with E-state index in [2.05, 4.69) is 0 Å². The van der Waals surface area contributed by atoms with Gasteiger partial charge >= 0.3 is 6.03 Å². The SMILES string of the molecule is Cc1ccc(N2C(=O)N(CN(C)Cc3cccc(F)c3)C(=O)[C@@H]2C)cc1. The van der Waals surface area contributed by atoms with Crippen molar-refractivity contribution in [2.75, 3.05) is 18.6 Å². The van der Waals surface area contributed by atoms with Crippen LogP contribution in [0.4, 0.5) is 14.9 Å². The van der Waals surface area contributed by atoms with Crippen LogP contribution >= 0.6 is 0 Å². The number of urea groups is 1. The third-order valence-corrected chi connectivity index (χ3v) is 4.48. The number of carbonyl (C=O) groups excluding carboxylic acids is 2. The Labute approximate surface area is 152 Å². The minimum atomic E-state index is -0.548. The molecule has 1 aliphatic rings. The summed E-state index contributed by atoms with van der Waals surface area (Å²) in [4.78, 5) is 30.0. The highest BCUT2D eigenvalue weighted by Crippen LogP contribution is 2.26. The second kappa shape index (κ2) is 7.25. The van der Waals surface area contributed by atoms with E-state index in [0.29, 0.717) is 12.2 Å². The van der Waals surface area contributed by atoms with Crippen LogP contribution in [-0.4, -0.2) is 41.5 Å². The number of carbonyl (C=O) groups is 2. The summed E-state index contributed by atoms with van der Waals surface area (Å²) in [7, 11) is 1.80. The van der Waals surface area contributed by atoms with Crippen molar-refractivity contribution in [2.24, 2.45) is 0 Å². The van der Waals surface area contributed by atoms with Gasteiger partial charge in [-0.25, -0.2) is 14.1 Å². The molecule has 1 atom stereocenters. The number of hydrogen-bond donors (Lipinski definition) is 0. The van der Waals surface area contributed by atoms with Crippen LogP contribution < -0.4 is 4.90 Å². The Morgan fingerprint density at radius 2 is 1.81 bits per heavy atom. The molecule has 0 aliphatic carbocycles. The molecule has 0 spiro atoms. The molecule has 5 nitrogen and oxygen atoms in total. The Bertz CT molecular complexity index is 822. The Morgan fingerprint density at radius 1 is 1.12 bits per heavy atom. The van der Waals surface area contributed by atoms with E-state index in [-0.39, 0.29) is 24.4 Å². The molecule has 0 aromatic heterocycles. The van der Waals surface area contributed by atoms with Crippen LogP contribution in [0.5, 0.6) is 0 Å². The molecule has 6 heteroatoms. The van der Waals surface area contributed by atoms with E-state index in [1.165, 1.54) is 21.9 Å². The molecule has 136 valence electrons. The van der Waals surface area contributed by atoms with Gasteiger partial charge in [0.05, 0.1) is 6.67 Å². The van der Waals surface area contributed by atoms with Crippen molar-refractivity contribution in [3.05, 3.63) is 65.5 Å². The summed E-state index contributed by atoms with van der Waals surface area (Å²) in [5.74, 6) is -0.537. The van der Waals surface area contributed by atoms with Gasteiger partial charge in [-0.3, -0.25) is 14.6 Å². The lowest BCUT2D eigenvalue weighted by Gasteiger charge is -2.23. The molecule has 1 aliphatic heterocycles. The molecular weight excluding hydrogens is 333 g/mol. The van der Waals surface area contributed by atoms with E-state index in [1.54, 1.807) is 20.0 Å². The largest absolute Gasteiger partial charge is 0.333 e. The molecule has 0 bridgehead atoms. The number of nitrogens with zero attached hydrogens (tertiary/aromatic N) is 3. The fourth-order valence-corrected chi connectivity index (χ4v) is 3.13. The number of halogens is 1. The van der Waals surface area contributed by atoms with Gasteiger partial charge in [-0.05, 0) is 50.7 Å². The van der Waals surface area contributed by atoms with Crippen molar-refractivity contribution in [3.8, 4) is 0 Å². The maximum Gasteiger partial charge on any atom is 0.333 e. The van der Waals surface area contributed by atoms with Crippen molar-refractivity contribution < 1.29 is 14.0 Å². The smallest absolute Gasteiger partial charge is 0.284 e. The van der Waals surface area contributed by atoms with Crippen molar-refractivity contribution in [3.63, 3.8) is 0 Å². The van der Waals surface area contributed by atoms with E-state index in [1.807, 2.05) is 42.2 Å². The summed E-state index contributed by atoms with van der Waals surface area (Å²) >= 11 is 0. The first-order valence-corrected chi connectivity index (χ1v) is 8.51. The third-order valence-electron chi connectivity index (χ3n) is 4.48. The maximum atomic E-state index is 13.3. The second-order valence-corrected chi connectivity index (χ2v) is 6.72. The number of imide groups is 1. The lowest BCUT2D eigenvalue weighted by molar-refractivity contribution is -0.128. The molecule has 1 saturated heterocycles. The molecule has 2 aromatic rings. The highest BCUT2D eigenvalue weighted by molar-refractivity contribution is 6.14. The minimum absolute atomic E-state index is 0.154. The third kappa shape index (κ3) is 3.60. The predicted molar refractivity (Wildman–Crippen MR) is 98.1 cm³/mol. The van der Waals surface area contributed by atoms with Gasteiger partial charge in [0.2, 0.25) is 0 Å². The van der Waals surface area contributed by atoms with Gasteiger partial charge in [-0.1, -0.05) is 29.8 Å². The Hall–Kier alpha value is -2.73. The molecule has 2 aromatic carbocycles. The van der Waals surface area contributed by atoms with Crippen LogP contribution in [0.15, 0.2) is 48.5 Å². The normalized spacial score (nSPS) is 17.5. The number of anilines is 1. The average Bonchev–Trinajstić information content (AvgIpc) is 2.80. The zero-order valence-electron chi connectivity index (χ0n) is 15.1. The van der Waals surface area contributed by atoms with E-state index in [9.17, 15) is 14.0 Å². The molecule has 26 heavy (non-hydrogen) atoms. The Morgan fingerprint density at radius 3 is 2.46 bits per heavy atom. The number of rotatable bonds is 5. The van der Waals surface area contributed by atoms with Gasteiger partial charge in [0.15, 0.2) is 0 Å². The van der Waals surface area contributed by atoms with Crippen molar-refractivity contribution in [1.29, 1.82) is 0 Å².